The summed E-state index contributed by atoms with van der Waals surface area (Å²) in [6.07, 6.45) is 4.93. The maximum atomic E-state index is 12.6. The minimum atomic E-state index is -0.561. The van der Waals surface area contributed by atoms with Crippen molar-refractivity contribution in [3.63, 3.8) is 0 Å². The molecule has 176 valence electrons. The molecule has 1 aliphatic carbocycles. The maximum Gasteiger partial charge on any atom is 0.320 e. The fourth-order valence-corrected chi connectivity index (χ4v) is 5.36. The molecular formula is C23H29N5O5. The number of hydrogen-bond acceptors (Lipinski definition) is 7. The van der Waals surface area contributed by atoms with Crippen LogP contribution in [0, 0.1) is 10.1 Å². The first-order valence-corrected chi connectivity index (χ1v) is 11.0. The van der Waals surface area contributed by atoms with Gasteiger partial charge in [-0.2, -0.15) is 0 Å². The predicted molar refractivity (Wildman–Crippen MR) is 123 cm³/mol. The third-order valence-electron chi connectivity index (χ3n) is 7.04. The van der Waals surface area contributed by atoms with Crippen LogP contribution in [0.3, 0.4) is 0 Å². The average molecular weight is 456 g/mol. The van der Waals surface area contributed by atoms with Gasteiger partial charge in [-0.05, 0) is 63.0 Å². The summed E-state index contributed by atoms with van der Waals surface area (Å²) in [7, 11) is 5.39. The first-order chi connectivity index (χ1) is 15.9. The second kappa shape index (κ2) is 9.22. The number of pyridine rings is 1. The minimum absolute atomic E-state index is 0.0251. The summed E-state index contributed by atoms with van der Waals surface area (Å²) < 4.78 is 10.9. The van der Waals surface area contributed by atoms with E-state index in [4.69, 9.17) is 9.47 Å². The van der Waals surface area contributed by atoms with Crippen LogP contribution in [-0.2, 0) is 5.41 Å². The normalized spacial score (nSPS) is 24.6. The van der Waals surface area contributed by atoms with Gasteiger partial charge in [-0.15, -0.1) is 0 Å². The largest absolute Gasteiger partial charge is 0.493 e. The minimum Gasteiger partial charge on any atom is -0.493 e. The van der Waals surface area contributed by atoms with Crippen molar-refractivity contribution in [3.05, 3.63) is 52.2 Å². The van der Waals surface area contributed by atoms with Crippen molar-refractivity contribution in [1.29, 1.82) is 0 Å². The summed E-state index contributed by atoms with van der Waals surface area (Å²) in [6.45, 7) is 0.970. The molecule has 1 aromatic carbocycles. The van der Waals surface area contributed by atoms with E-state index in [0.717, 1.165) is 32.2 Å². The number of urea groups is 1. The van der Waals surface area contributed by atoms with Gasteiger partial charge in [-0.25, -0.2) is 9.78 Å². The second-order valence-electron chi connectivity index (χ2n) is 8.67. The molecule has 2 fully saturated rings. The molecule has 1 saturated heterocycles. The van der Waals surface area contributed by atoms with E-state index < -0.39 is 11.0 Å². The number of ether oxygens (including phenoxy) is 2. The van der Waals surface area contributed by atoms with E-state index >= 15 is 0 Å². The molecule has 1 aliphatic heterocycles. The van der Waals surface area contributed by atoms with Gasteiger partial charge in [0.05, 0.1) is 19.1 Å². The molecule has 33 heavy (non-hydrogen) atoms. The number of nitrogens with zero attached hydrogens (tertiary/aromatic N) is 3. The number of carbonyl (C=O) groups excluding carboxylic acids is 1. The molecule has 10 nitrogen and oxygen atoms in total. The highest BCUT2D eigenvalue weighted by Gasteiger charge is 2.50. The molecule has 3 unspecified atom stereocenters. The first kappa shape index (κ1) is 22.8. The number of likely N-dealkylation sites (tertiary alicyclic amines) is 1. The Kier molecular flexibility index (Phi) is 6.37. The molecule has 1 aromatic heterocycles. The third-order valence-corrected chi connectivity index (χ3v) is 7.04. The van der Waals surface area contributed by atoms with Crippen molar-refractivity contribution >= 4 is 17.5 Å². The van der Waals surface area contributed by atoms with E-state index in [2.05, 4.69) is 39.7 Å². The molecule has 2 aromatic rings. The lowest BCUT2D eigenvalue weighted by Crippen LogP contribution is -2.52. The van der Waals surface area contributed by atoms with Crippen LogP contribution in [0.5, 0.6) is 11.5 Å². The Morgan fingerprint density at radius 3 is 2.76 bits per heavy atom. The van der Waals surface area contributed by atoms with E-state index in [1.54, 1.807) is 14.2 Å². The molecule has 2 N–H and O–H groups in total. The highest BCUT2D eigenvalue weighted by atomic mass is 16.6. The Balaban J connectivity index is 1.49. The van der Waals surface area contributed by atoms with Crippen molar-refractivity contribution in [2.45, 2.75) is 43.2 Å². The highest BCUT2D eigenvalue weighted by Crippen LogP contribution is 2.49. The number of aromatic nitrogens is 1. The van der Waals surface area contributed by atoms with Crippen molar-refractivity contribution in [1.82, 2.24) is 15.2 Å². The Labute approximate surface area is 192 Å². The van der Waals surface area contributed by atoms with Gasteiger partial charge in [-0.3, -0.25) is 15.4 Å². The number of nitro groups is 1. The summed E-state index contributed by atoms with van der Waals surface area (Å²) in [5, 5.41) is 16.7. The number of anilines is 1. The number of nitrogens with one attached hydrogen (secondary N) is 2. The van der Waals surface area contributed by atoms with Crippen LogP contribution in [0.1, 0.15) is 31.2 Å². The van der Waals surface area contributed by atoms with E-state index in [1.807, 2.05) is 6.07 Å². The lowest BCUT2D eigenvalue weighted by Gasteiger charge is -2.45. The van der Waals surface area contributed by atoms with Crippen LogP contribution >= 0.6 is 0 Å². The van der Waals surface area contributed by atoms with E-state index in [9.17, 15) is 14.9 Å². The molecule has 1 saturated carbocycles. The number of benzene rings is 1. The molecule has 0 spiro atoms. The lowest BCUT2D eigenvalue weighted by molar-refractivity contribution is -0.384. The lowest BCUT2D eigenvalue weighted by atomic mass is 9.65. The number of hydrogen-bond donors (Lipinski definition) is 2. The Bertz CT molecular complexity index is 1050. The number of methoxy groups -OCH3 is 2. The quantitative estimate of drug-likeness (QED) is 0.507. The summed E-state index contributed by atoms with van der Waals surface area (Å²) in [5.41, 5.74) is 0.962. The van der Waals surface area contributed by atoms with Gasteiger partial charge in [0.2, 0.25) is 5.82 Å². The molecule has 3 atom stereocenters. The number of carbonyl (C=O) groups is 1. The zero-order chi connectivity index (χ0) is 23.6. The smallest absolute Gasteiger partial charge is 0.320 e. The molecule has 0 bridgehead atoms. The standard InChI is InChI=1S/C23H29N5O5/c1-27-12-10-23(15-6-7-18(32-2)19(13-15)33-3)9-8-16(14-20(23)27)25-22(29)26-21-17(28(30)31)5-4-11-24-21/h4-7,11,13,16,20H,8-10,12,14H2,1-3H3,(H2,24,25,26,29). The van der Waals surface area contributed by atoms with Gasteiger partial charge in [-0.1, -0.05) is 6.07 Å². The van der Waals surface area contributed by atoms with Crippen LogP contribution in [-0.4, -0.2) is 60.7 Å². The average Bonchev–Trinajstić information content (AvgIpc) is 3.15. The number of likely N-dealkylation sites (N-methyl/N-ethyl adjacent to an activating group) is 1. The summed E-state index contributed by atoms with van der Waals surface area (Å²) in [5.74, 6) is 1.36. The van der Waals surface area contributed by atoms with Crippen LogP contribution in [0.15, 0.2) is 36.5 Å². The Hall–Kier alpha value is -3.40. The van der Waals surface area contributed by atoms with Gasteiger partial charge in [0, 0.05) is 29.8 Å². The fourth-order valence-electron chi connectivity index (χ4n) is 5.36. The zero-order valence-corrected chi connectivity index (χ0v) is 19.0. The SMILES string of the molecule is COc1ccc(C23CCC(NC(=O)Nc4ncccc4[N+](=O)[O-])CC2N(C)CC3)cc1OC. The number of amides is 2. The Morgan fingerprint density at radius 2 is 2.03 bits per heavy atom. The van der Waals surface area contributed by atoms with E-state index in [1.165, 1.54) is 23.9 Å². The molecule has 4 rings (SSSR count). The number of fused-ring (bicyclic) bond motifs is 1. The summed E-state index contributed by atoms with van der Waals surface area (Å²) in [6, 6.07) is 8.64. The summed E-state index contributed by atoms with van der Waals surface area (Å²) >= 11 is 0. The molecule has 10 heteroatoms. The molecular weight excluding hydrogens is 426 g/mol. The van der Waals surface area contributed by atoms with Crippen LogP contribution in [0.25, 0.3) is 0 Å². The van der Waals surface area contributed by atoms with Crippen LogP contribution in [0.2, 0.25) is 0 Å². The van der Waals surface area contributed by atoms with E-state index in [0.29, 0.717) is 11.5 Å². The fraction of sp³-hybridized carbons (Fsp3) is 0.478. The highest BCUT2D eigenvalue weighted by molar-refractivity contribution is 5.90. The monoisotopic (exact) mass is 455 g/mol. The van der Waals surface area contributed by atoms with Gasteiger partial charge in [0.1, 0.15) is 0 Å². The van der Waals surface area contributed by atoms with E-state index in [-0.39, 0.29) is 29.0 Å². The zero-order valence-electron chi connectivity index (χ0n) is 19.0. The van der Waals surface area contributed by atoms with Gasteiger partial charge < -0.3 is 19.7 Å². The van der Waals surface area contributed by atoms with Crippen molar-refractivity contribution < 1.29 is 19.2 Å². The molecule has 2 amide bonds. The molecule has 2 heterocycles. The summed E-state index contributed by atoms with van der Waals surface area (Å²) in [4.78, 5) is 29.5. The second-order valence-corrected chi connectivity index (χ2v) is 8.67. The number of rotatable bonds is 6. The topological polar surface area (TPSA) is 119 Å². The first-order valence-electron chi connectivity index (χ1n) is 11.0. The predicted octanol–water partition coefficient (Wildman–Crippen LogP) is 3.32. The van der Waals surface area contributed by atoms with Gasteiger partial charge in [0.25, 0.3) is 0 Å². The van der Waals surface area contributed by atoms with Gasteiger partial charge >= 0.3 is 11.7 Å². The van der Waals surface area contributed by atoms with Crippen molar-refractivity contribution in [3.8, 4) is 11.5 Å². The van der Waals surface area contributed by atoms with Crippen LogP contribution in [0.4, 0.5) is 16.3 Å². The molecule has 0 radical (unpaired) electrons. The van der Waals surface area contributed by atoms with Crippen molar-refractivity contribution in [2.75, 3.05) is 33.1 Å². The van der Waals surface area contributed by atoms with Gasteiger partial charge in [0.15, 0.2) is 11.5 Å². The van der Waals surface area contributed by atoms with Crippen molar-refractivity contribution in [2.24, 2.45) is 0 Å². The van der Waals surface area contributed by atoms with Crippen LogP contribution < -0.4 is 20.1 Å². The third kappa shape index (κ3) is 4.30. The Morgan fingerprint density at radius 1 is 1.24 bits per heavy atom. The maximum absolute atomic E-state index is 12.6. The molecule has 2 aliphatic rings.